The Morgan fingerprint density at radius 2 is 1.83 bits per heavy atom. The zero-order chi connectivity index (χ0) is 13.3. The first-order valence-electron chi connectivity index (χ1n) is 5.25. The number of hydrogen-bond acceptors (Lipinski definition) is 1. The van der Waals surface area contributed by atoms with Gasteiger partial charge in [-0.1, -0.05) is 35.3 Å². The van der Waals surface area contributed by atoms with Crippen molar-refractivity contribution in [3.8, 4) is 11.1 Å². The third kappa shape index (κ3) is 2.40. The van der Waals surface area contributed by atoms with Crippen molar-refractivity contribution in [1.82, 2.24) is 0 Å². The van der Waals surface area contributed by atoms with Gasteiger partial charge in [0.15, 0.2) is 5.78 Å². The summed E-state index contributed by atoms with van der Waals surface area (Å²) in [5.41, 5.74) is 1.18. The van der Waals surface area contributed by atoms with Gasteiger partial charge in [0.1, 0.15) is 5.82 Å². The zero-order valence-corrected chi connectivity index (χ0v) is 11.0. The summed E-state index contributed by atoms with van der Waals surface area (Å²) in [4.78, 5) is 11.3. The first-order chi connectivity index (χ1) is 8.50. The van der Waals surface area contributed by atoms with Crippen molar-refractivity contribution in [1.29, 1.82) is 0 Å². The third-order valence-corrected chi connectivity index (χ3v) is 3.43. The first-order valence-corrected chi connectivity index (χ1v) is 6.01. The van der Waals surface area contributed by atoms with Crippen molar-refractivity contribution in [2.24, 2.45) is 0 Å². The second-order valence-electron chi connectivity index (χ2n) is 3.85. The van der Waals surface area contributed by atoms with Gasteiger partial charge in [0.25, 0.3) is 0 Å². The van der Waals surface area contributed by atoms with Crippen LogP contribution < -0.4 is 0 Å². The molecule has 4 heteroatoms. The van der Waals surface area contributed by atoms with Crippen LogP contribution in [0.3, 0.4) is 0 Å². The summed E-state index contributed by atoms with van der Waals surface area (Å²) in [6, 6.07) is 9.15. The van der Waals surface area contributed by atoms with Crippen LogP contribution in [0.1, 0.15) is 17.3 Å². The monoisotopic (exact) mass is 282 g/mol. The quantitative estimate of drug-likeness (QED) is 0.709. The number of carbonyl (C=O) groups excluding carboxylic acids is 1. The summed E-state index contributed by atoms with van der Waals surface area (Å²) in [5.74, 6) is -0.571. The van der Waals surface area contributed by atoms with Gasteiger partial charge in [-0.05, 0) is 31.2 Å². The number of benzene rings is 2. The number of rotatable bonds is 2. The second-order valence-corrected chi connectivity index (χ2v) is 4.64. The molecular formula is C14H9Cl2FO. The molecule has 0 N–H and O–H groups in total. The van der Waals surface area contributed by atoms with E-state index in [1.165, 1.54) is 25.1 Å². The normalized spacial score (nSPS) is 10.4. The number of Topliss-reactive ketones (excluding diaryl/α,β-unsaturated/α-hetero) is 1. The van der Waals surface area contributed by atoms with E-state index < -0.39 is 5.82 Å². The summed E-state index contributed by atoms with van der Waals surface area (Å²) < 4.78 is 13.8. The first kappa shape index (κ1) is 13.1. The van der Waals surface area contributed by atoms with Gasteiger partial charge in [-0.25, -0.2) is 4.39 Å². The van der Waals surface area contributed by atoms with Crippen LogP contribution in [0.15, 0.2) is 36.4 Å². The second kappa shape index (κ2) is 5.09. The molecule has 0 aliphatic heterocycles. The van der Waals surface area contributed by atoms with Crippen molar-refractivity contribution in [3.63, 3.8) is 0 Å². The lowest BCUT2D eigenvalue weighted by atomic mass is 10.0. The van der Waals surface area contributed by atoms with Crippen LogP contribution in [-0.4, -0.2) is 5.78 Å². The molecule has 0 heterocycles. The molecule has 2 aromatic carbocycles. The molecule has 0 saturated carbocycles. The van der Waals surface area contributed by atoms with Crippen molar-refractivity contribution in [2.75, 3.05) is 0 Å². The van der Waals surface area contributed by atoms with Crippen LogP contribution in [-0.2, 0) is 0 Å². The van der Waals surface area contributed by atoms with Crippen LogP contribution in [0.2, 0.25) is 10.0 Å². The number of halogens is 3. The van der Waals surface area contributed by atoms with Gasteiger partial charge in [-0.15, -0.1) is 0 Å². The van der Waals surface area contributed by atoms with E-state index >= 15 is 0 Å². The molecule has 1 nitrogen and oxygen atoms in total. The van der Waals surface area contributed by atoms with E-state index in [4.69, 9.17) is 23.2 Å². The van der Waals surface area contributed by atoms with Crippen LogP contribution in [0, 0.1) is 5.82 Å². The maximum atomic E-state index is 13.8. The molecule has 18 heavy (non-hydrogen) atoms. The lowest BCUT2D eigenvalue weighted by Crippen LogP contribution is -1.95. The highest BCUT2D eigenvalue weighted by Gasteiger charge is 2.13. The molecule has 0 unspecified atom stereocenters. The Morgan fingerprint density at radius 3 is 2.50 bits per heavy atom. The van der Waals surface area contributed by atoms with Crippen LogP contribution in [0.25, 0.3) is 11.1 Å². The Labute approximate surface area is 114 Å². The molecule has 0 radical (unpaired) electrons. The minimum Gasteiger partial charge on any atom is -0.295 e. The molecule has 0 bridgehead atoms. The minimum absolute atomic E-state index is 0.130. The Kier molecular flexibility index (Phi) is 3.69. The average molecular weight is 283 g/mol. The SMILES string of the molecule is CC(=O)c1ccc(F)c(-c2cccc(Cl)c2Cl)c1. The average Bonchev–Trinajstić information content (AvgIpc) is 2.33. The van der Waals surface area contributed by atoms with Crippen molar-refractivity contribution in [2.45, 2.75) is 6.92 Å². The molecule has 0 spiro atoms. The smallest absolute Gasteiger partial charge is 0.159 e. The Balaban J connectivity index is 2.66. The lowest BCUT2D eigenvalue weighted by molar-refractivity contribution is 0.101. The largest absolute Gasteiger partial charge is 0.295 e. The van der Waals surface area contributed by atoms with E-state index in [1.54, 1.807) is 18.2 Å². The number of carbonyl (C=O) groups is 1. The van der Waals surface area contributed by atoms with Crippen LogP contribution >= 0.6 is 23.2 Å². The molecule has 2 rings (SSSR count). The summed E-state index contributed by atoms with van der Waals surface area (Å²) in [5, 5.41) is 0.626. The molecule has 0 aliphatic rings. The third-order valence-electron chi connectivity index (χ3n) is 2.61. The molecule has 0 saturated heterocycles. The van der Waals surface area contributed by atoms with E-state index in [0.29, 0.717) is 16.1 Å². The van der Waals surface area contributed by atoms with E-state index in [-0.39, 0.29) is 16.4 Å². The van der Waals surface area contributed by atoms with Gasteiger partial charge in [0.05, 0.1) is 10.0 Å². The minimum atomic E-state index is -0.441. The maximum absolute atomic E-state index is 13.8. The van der Waals surface area contributed by atoms with E-state index in [9.17, 15) is 9.18 Å². The standard InChI is InChI=1S/C14H9Cl2FO/c1-8(18)9-5-6-13(17)11(7-9)10-3-2-4-12(15)14(10)16/h2-7H,1H3. The lowest BCUT2D eigenvalue weighted by Gasteiger charge is -2.08. The van der Waals surface area contributed by atoms with Crippen molar-refractivity contribution >= 4 is 29.0 Å². The Bertz CT molecular complexity index is 623. The predicted octanol–water partition coefficient (Wildman–Crippen LogP) is 5.00. The molecular weight excluding hydrogens is 274 g/mol. The summed E-state index contributed by atoms with van der Waals surface area (Å²) in [7, 11) is 0. The number of ketones is 1. The summed E-state index contributed by atoms with van der Waals surface area (Å²) in [6.07, 6.45) is 0. The van der Waals surface area contributed by atoms with Gasteiger partial charge in [0.2, 0.25) is 0 Å². The topological polar surface area (TPSA) is 17.1 Å². The zero-order valence-electron chi connectivity index (χ0n) is 9.51. The fraction of sp³-hybridized carbons (Fsp3) is 0.0714. The Morgan fingerprint density at radius 1 is 1.11 bits per heavy atom. The highest BCUT2D eigenvalue weighted by atomic mass is 35.5. The fourth-order valence-corrected chi connectivity index (χ4v) is 2.06. The highest BCUT2D eigenvalue weighted by molar-refractivity contribution is 6.43. The van der Waals surface area contributed by atoms with E-state index in [2.05, 4.69) is 0 Å². The van der Waals surface area contributed by atoms with Gasteiger partial charge in [0, 0.05) is 16.7 Å². The molecule has 0 fully saturated rings. The van der Waals surface area contributed by atoms with Crippen molar-refractivity contribution < 1.29 is 9.18 Å². The van der Waals surface area contributed by atoms with Gasteiger partial charge >= 0.3 is 0 Å². The fourth-order valence-electron chi connectivity index (χ4n) is 1.66. The van der Waals surface area contributed by atoms with Gasteiger partial charge in [-0.3, -0.25) is 4.79 Å². The molecule has 0 atom stereocenters. The predicted molar refractivity (Wildman–Crippen MR) is 71.9 cm³/mol. The molecule has 0 amide bonds. The van der Waals surface area contributed by atoms with Crippen LogP contribution in [0.4, 0.5) is 4.39 Å². The molecule has 0 aromatic heterocycles. The molecule has 0 aliphatic carbocycles. The Hall–Kier alpha value is -1.38. The summed E-state index contributed by atoms with van der Waals surface area (Å²) >= 11 is 11.9. The van der Waals surface area contributed by atoms with E-state index in [0.717, 1.165) is 0 Å². The number of hydrogen-bond donors (Lipinski definition) is 0. The van der Waals surface area contributed by atoms with Gasteiger partial charge in [-0.2, -0.15) is 0 Å². The molecule has 2 aromatic rings. The van der Waals surface area contributed by atoms with Crippen molar-refractivity contribution in [3.05, 3.63) is 57.8 Å². The summed E-state index contributed by atoms with van der Waals surface area (Å²) in [6.45, 7) is 1.43. The maximum Gasteiger partial charge on any atom is 0.159 e. The van der Waals surface area contributed by atoms with Crippen LogP contribution in [0.5, 0.6) is 0 Å². The molecule has 92 valence electrons. The van der Waals surface area contributed by atoms with E-state index in [1.807, 2.05) is 0 Å². The van der Waals surface area contributed by atoms with Gasteiger partial charge < -0.3 is 0 Å². The highest BCUT2D eigenvalue weighted by Crippen LogP contribution is 2.35.